The number of anilines is 1. The molecular formula is C17H15BrFNO3. The van der Waals surface area contributed by atoms with Crippen LogP contribution in [0.5, 0.6) is 0 Å². The minimum absolute atomic E-state index is 0.219. The SMILES string of the molecule is Cc1cccc(NC(=O)[C@@H](C)OC(=O)c2ccc(Br)cc2F)c1. The van der Waals surface area contributed by atoms with Gasteiger partial charge < -0.3 is 10.1 Å². The molecule has 0 aliphatic rings. The van der Waals surface area contributed by atoms with Crippen molar-refractivity contribution in [3.63, 3.8) is 0 Å². The van der Waals surface area contributed by atoms with Crippen LogP contribution in [0.4, 0.5) is 10.1 Å². The minimum atomic E-state index is -1.05. The average molecular weight is 380 g/mol. The molecule has 0 unspecified atom stereocenters. The minimum Gasteiger partial charge on any atom is -0.449 e. The third-order valence-corrected chi connectivity index (χ3v) is 3.58. The highest BCUT2D eigenvalue weighted by Crippen LogP contribution is 2.17. The van der Waals surface area contributed by atoms with Gasteiger partial charge in [-0.1, -0.05) is 28.1 Å². The Balaban J connectivity index is 2.01. The summed E-state index contributed by atoms with van der Waals surface area (Å²) in [5.41, 5.74) is 1.38. The van der Waals surface area contributed by atoms with E-state index in [9.17, 15) is 14.0 Å². The predicted octanol–water partition coefficient (Wildman–Crippen LogP) is 4.08. The summed E-state index contributed by atoms with van der Waals surface area (Å²) < 4.78 is 19.2. The van der Waals surface area contributed by atoms with Gasteiger partial charge in [0.15, 0.2) is 6.10 Å². The molecule has 0 bridgehead atoms. The van der Waals surface area contributed by atoms with Crippen LogP contribution in [0, 0.1) is 12.7 Å². The molecule has 1 N–H and O–H groups in total. The van der Waals surface area contributed by atoms with Crippen LogP contribution in [0.1, 0.15) is 22.8 Å². The summed E-state index contributed by atoms with van der Waals surface area (Å²) in [7, 11) is 0. The van der Waals surface area contributed by atoms with Gasteiger partial charge in [0.2, 0.25) is 0 Å². The molecule has 0 aliphatic carbocycles. The van der Waals surface area contributed by atoms with Crippen LogP contribution in [0.3, 0.4) is 0 Å². The number of rotatable bonds is 4. The Morgan fingerprint density at radius 3 is 2.61 bits per heavy atom. The number of carbonyl (C=O) groups is 2. The van der Waals surface area contributed by atoms with Crippen molar-refractivity contribution in [3.8, 4) is 0 Å². The van der Waals surface area contributed by atoms with Crippen molar-refractivity contribution >= 4 is 33.5 Å². The van der Waals surface area contributed by atoms with Crippen LogP contribution in [-0.4, -0.2) is 18.0 Å². The molecule has 0 saturated heterocycles. The molecular weight excluding hydrogens is 365 g/mol. The van der Waals surface area contributed by atoms with Crippen molar-refractivity contribution in [3.05, 3.63) is 63.9 Å². The first-order chi connectivity index (χ1) is 10.9. The second-order valence-electron chi connectivity index (χ2n) is 5.03. The van der Waals surface area contributed by atoms with E-state index in [4.69, 9.17) is 4.74 Å². The zero-order valence-electron chi connectivity index (χ0n) is 12.6. The Morgan fingerprint density at radius 2 is 1.96 bits per heavy atom. The molecule has 0 aliphatic heterocycles. The number of amides is 1. The molecule has 2 aromatic carbocycles. The van der Waals surface area contributed by atoms with E-state index in [0.29, 0.717) is 10.2 Å². The van der Waals surface area contributed by atoms with Gasteiger partial charge in [-0.15, -0.1) is 0 Å². The van der Waals surface area contributed by atoms with Crippen LogP contribution in [0.15, 0.2) is 46.9 Å². The third-order valence-electron chi connectivity index (χ3n) is 3.09. The molecule has 0 saturated carbocycles. The highest BCUT2D eigenvalue weighted by molar-refractivity contribution is 9.10. The van der Waals surface area contributed by atoms with E-state index >= 15 is 0 Å². The summed E-state index contributed by atoms with van der Waals surface area (Å²) in [6, 6.07) is 11.2. The summed E-state index contributed by atoms with van der Waals surface area (Å²) in [6.45, 7) is 3.33. The van der Waals surface area contributed by atoms with Crippen molar-refractivity contribution in [2.24, 2.45) is 0 Å². The monoisotopic (exact) mass is 379 g/mol. The fourth-order valence-corrected chi connectivity index (χ4v) is 2.23. The van der Waals surface area contributed by atoms with E-state index < -0.39 is 23.8 Å². The van der Waals surface area contributed by atoms with E-state index in [-0.39, 0.29) is 5.56 Å². The maximum absolute atomic E-state index is 13.7. The van der Waals surface area contributed by atoms with E-state index in [0.717, 1.165) is 11.6 Å². The van der Waals surface area contributed by atoms with E-state index in [1.807, 2.05) is 13.0 Å². The van der Waals surface area contributed by atoms with Gasteiger partial charge in [0.25, 0.3) is 5.91 Å². The Morgan fingerprint density at radius 1 is 1.22 bits per heavy atom. The summed E-state index contributed by atoms with van der Waals surface area (Å²) in [4.78, 5) is 24.0. The molecule has 1 amide bonds. The van der Waals surface area contributed by atoms with Gasteiger partial charge in [-0.25, -0.2) is 9.18 Å². The van der Waals surface area contributed by atoms with Gasteiger partial charge in [0.1, 0.15) is 5.82 Å². The number of hydrogen-bond acceptors (Lipinski definition) is 3. The molecule has 2 aromatic rings. The highest BCUT2D eigenvalue weighted by Gasteiger charge is 2.21. The fraction of sp³-hybridized carbons (Fsp3) is 0.176. The molecule has 23 heavy (non-hydrogen) atoms. The maximum atomic E-state index is 13.7. The number of carbonyl (C=O) groups excluding carboxylic acids is 2. The smallest absolute Gasteiger partial charge is 0.341 e. The van der Waals surface area contributed by atoms with Crippen LogP contribution in [-0.2, 0) is 9.53 Å². The number of esters is 1. The summed E-state index contributed by atoms with van der Waals surface area (Å²) >= 11 is 3.11. The lowest BCUT2D eigenvalue weighted by molar-refractivity contribution is -0.123. The van der Waals surface area contributed by atoms with Crippen LogP contribution in [0.2, 0.25) is 0 Å². The van der Waals surface area contributed by atoms with Crippen molar-refractivity contribution in [1.29, 1.82) is 0 Å². The molecule has 0 radical (unpaired) electrons. The highest BCUT2D eigenvalue weighted by atomic mass is 79.9. The van der Waals surface area contributed by atoms with Gasteiger partial charge in [0.05, 0.1) is 5.56 Å². The zero-order chi connectivity index (χ0) is 17.0. The molecule has 0 spiro atoms. The van der Waals surface area contributed by atoms with E-state index in [2.05, 4.69) is 21.2 Å². The second-order valence-corrected chi connectivity index (χ2v) is 5.95. The Bertz CT molecular complexity index is 748. The number of ether oxygens (including phenoxy) is 1. The van der Waals surface area contributed by atoms with Crippen LogP contribution in [0.25, 0.3) is 0 Å². The Hall–Kier alpha value is -2.21. The zero-order valence-corrected chi connectivity index (χ0v) is 14.2. The maximum Gasteiger partial charge on any atom is 0.341 e. The summed E-state index contributed by atoms with van der Waals surface area (Å²) in [6.07, 6.45) is -1.05. The van der Waals surface area contributed by atoms with Gasteiger partial charge in [0, 0.05) is 10.2 Å². The van der Waals surface area contributed by atoms with Crippen molar-refractivity contribution in [2.45, 2.75) is 20.0 Å². The van der Waals surface area contributed by atoms with Crippen molar-refractivity contribution in [1.82, 2.24) is 0 Å². The molecule has 0 heterocycles. The summed E-state index contributed by atoms with van der Waals surface area (Å²) in [5.74, 6) is -2.08. The Labute approximate surface area is 141 Å². The lowest BCUT2D eigenvalue weighted by atomic mass is 10.2. The number of hydrogen-bond donors (Lipinski definition) is 1. The van der Waals surface area contributed by atoms with Gasteiger partial charge in [-0.05, 0) is 49.7 Å². The molecule has 0 aromatic heterocycles. The third kappa shape index (κ3) is 4.63. The average Bonchev–Trinajstić information content (AvgIpc) is 2.46. The second kappa shape index (κ2) is 7.37. The molecule has 0 fully saturated rings. The lowest BCUT2D eigenvalue weighted by Gasteiger charge is -2.14. The van der Waals surface area contributed by atoms with Crippen molar-refractivity contribution in [2.75, 3.05) is 5.32 Å². The first kappa shape index (κ1) is 17.1. The molecule has 1 atom stereocenters. The molecule has 4 nitrogen and oxygen atoms in total. The lowest BCUT2D eigenvalue weighted by Crippen LogP contribution is -2.30. The summed E-state index contributed by atoms with van der Waals surface area (Å²) in [5, 5.41) is 2.65. The van der Waals surface area contributed by atoms with Crippen LogP contribution < -0.4 is 5.32 Å². The normalized spacial score (nSPS) is 11.7. The topological polar surface area (TPSA) is 55.4 Å². The largest absolute Gasteiger partial charge is 0.449 e. The predicted molar refractivity (Wildman–Crippen MR) is 88.8 cm³/mol. The Kier molecular flexibility index (Phi) is 5.50. The number of halogens is 2. The van der Waals surface area contributed by atoms with Crippen LogP contribution >= 0.6 is 15.9 Å². The molecule has 2 rings (SSSR count). The quantitative estimate of drug-likeness (QED) is 0.814. The molecule has 6 heteroatoms. The first-order valence-electron chi connectivity index (χ1n) is 6.90. The van der Waals surface area contributed by atoms with E-state index in [1.54, 1.807) is 18.2 Å². The van der Waals surface area contributed by atoms with Gasteiger partial charge in [-0.2, -0.15) is 0 Å². The van der Waals surface area contributed by atoms with Crippen molar-refractivity contribution < 1.29 is 18.7 Å². The number of aryl methyl sites for hydroxylation is 1. The number of nitrogens with one attached hydrogen (secondary N) is 1. The van der Waals surface area contributed by atoms with Gasteiger partial charge in [-0.3, -0.25) is 4.79 Å². The first-order valence-corrected chi connectivity index (χ1v) is 7.69. The molecule has 120 valence electrons. The standard InChI is InChI=1S/C17H15BrFNO3/c1-10-4-3-5-13(8-10)20-16(21)11(2)23-17(22)14-7-6-12(18)9-15(14)19/h3-9,11H,1-2H3,(H,20,21)/t11-/m1/s1. The van der Waals surface area contributed by atoms with Gasteiger partial charge >= 0.3 is 5.97 Å². The van der Waals surface area contributed by atoms with E-state index in [1.165, 1.54) is 19.1 Å². The fourth-order valence-electron chi connectivity index (χ4n) is 1.90. The number of benzene rings is 2.